The number of fused-ring (bicyclic) bond motifs is 1. The van der Waals surface area contributed by atoms with Crippen LogP contribution in [0.3, 0.4) is 0 Å². The first kappa shape index (κ1) is 23.6. The zero-order valence-electron chi connectivity index (χ0n) is 20.2. The Bertz CT molecular complexity index is 1340. The largest absolute Gasteiger partial charge is 0.369 e. The highest BCUT2D eigenvalue weighted by atomic mass is 16.5. The smallest absolute Gasteiger partial charge is 0.279 e. The predicted molar refractivity (Wildman–Crippen MR) is 138 cm³/mol. The number of rotatable bonds is 8. The van der Waals surface area contributed by atoms with E-state index >= 15 is 0 Å². The second kappa shape index (κ2) is 10.6. The van der Waals surface area contributed by atoms with E-state index in [1.54, 1.807) is 24.3 Å². The van der Waals surface area contributed by atoms with Crippen molar-refractivity contribution in [3.63, 3.8) is 0 Å². The molecule has 0 atom stereocenters. The zero-order valence-corrected chi connectivity index (χ0v) is 20.2. The maximum Gasteiger partial charge on any atom is 0.279 e. The van der Waals surface area contributed by atoms with Crippen molar-refractivity contribution in [3.05, 3.63) is 66.1 Å². The average Bonchev–Trinajstić information content (AvgIpc) is 3.52. The highest BCUT2D eigenvalue weighted by Gasteiger charge is 2.18. The van der Waals surface area contributed by atoms with E-state index in [1.807, 2.05) is 6.07 Å². The van der Waals surface area contributed by atoms with Crippen LogP contribution in [0.25, 0.3) is 10.9 Å². The van der Waals surface area contributed by atoms with Crippen LogP contribution in [0, 0.1) is 0 Å². The number of aromatic nitrogens is 3. The number of nitrogens with zero attached hydrogens (tertiary/aromatic N) is 4. The highest BCUT2D eigenvalue weighted by molar-refractivity contribution is 6.07. The molecule has 3 heterocycles. The third-order valence-electron chi connectivity index (χ3n) is 6.30. The first-order chi connectivity index (χ1) is 17.5. The molecule has 2 aromatic carbocycles. The molecule has 1 aliphatic rings. The molecule has 36 heavy (non-hydrogen) atoms. The number of benzene rings is 2. The van der Waals surface area contributed by atoms with E-state index in [0.717, 1.165) is 51.0 Å². The van der Waals surface area contributed by atoms with Crippen LogP contribution >= 0.6 is 0 Å². The van der Waals surface area contributed by atoms with Crippen molar-refractivity contribution in [2.75, 3.05) is 48.3 Å². The molecule has 1 fully saturated rings. The number of anilines is 3. The van der Waals surface area contributed by atoms with Crippen LogP contribution < -0.4 is 15.5 Å². The number of para-hydroxylation sites is 1. The molecule has 0 aliphatic carbocycles. The maximum atomic E-state index is 12.7. The summed E-state index contributed by atoms with van der Waals surface area (Å²) < 4.78 is 5.40. The van der Waals surface area contributed by atoms with E-state index < -0.39 is 0 Å². The number of carbonyl (C=O) groups is 2. The Morgan fingerprint density at radius 1 is 1.03 bits per heavy atom. The van der Waals surface area contributed by atoms with Crippen LogP contribution in [0.5, 0.6) is 0 Å². The third-order valence-corrected chi connectivity index (χ3v) is 6.30. The molecule has 0 bridgehead atoms. The monoisotopic (exact) mass is 487 g/mol. The number of hydrogen-bond acceptors (Lipinski definition) is 7. The Balaban J connectivity index is 1.09. The fourth-order valence-electron chi connectivity index (χ4n) is 4.45. The minimum absolute atomic E-state index is 0.158. The van der Waals surface area contributed by atoms with Crippen molar-refractivity contribution >= 4 is 39.9 Å². The molecule has 1 aliphatic heterocycles. The van der Waals surface area contributed by atoms with E-state index in [1.165, 1.54) is 12.6 Å². The summed E-state index contributed by atoms with van der Waals surface area (Å²) in [6.07, 6.45) is 1.65. The lowest BCUT2D eigenvalue weighted by Crippen LogP contribution is -2.46. The van der Waals surface area contributed by atoms with E-state index in [-0.39, 0.29) is 17.5 Å². The number of nitrogens with one attached hydrogen (secondary N) is 3. The van der Waals surface area contributed by atoms with Crippen molar-refractivity contribution in [2.45, 2.75) is 19.8 Å². The Kier molecular flexibility index (Phi) is 6.94. The van der Waals surface area contributed by atoms with E-state index in [9.17, 15) is 9.59 Å². The van der Waals surface area contributed by atoms with Crippen molar-refractivity contribution in [1.82, 2.24) is 20.3 Å². The summed E-state index contributed by atoms with van der Waals surface area (Å²) in [6.45, 7) is 6.53. The van der Waals surface area contributed by atoms with Crippen LogP contribution in [-0.4, -0.2) is 64.8 Å². The second-order valence-electron chi connectivity index (χ2n) is 8.91. The predicted octanol–water partition coefficient (Wildman–Crippen LogP) is 3.52. The van der Waals surface area contributed by atoms with E-state index in [2.05, 4.69) is 60.1 Å². The molecule has 4 aromatic rings. The van der Waals surface area contributed by atoms with Crippen molar-refractivity contribution in [3.8, 4) is 0 Å². The maximum absolute atomic E-state index is 12.7. The standard InChI is InChI=1S/C26H29N7O3/c1-18(34)27-19-9-10-22-23(16-19)29-30-25(22)28-26(35)24-17-21(36-31-24)8-5-11-32-12-14-33(15-13-32)20-6-3-2-4-7-20/h2-4,6-7,9-10,16-17H,5,8,11-15H2,1H3,(H,27,34)(H2,28,29,30,35). The Hall–Kier alpha value is -4.18. The fraction of sp³-hybridized carbons (Fsp3) is 0.308. The summed E-state index contributed by atoms with van der Waals surface area (Å²) in [5.74, 6) is 0.537. The quantitative estimate of drug-likeness (QED) is 0.348. The van der Waals surface area contributed by atoms with Gasteiger partial charge in [0.05, 0.1) is 5.52 Å². The van der Waals surface area contributed by atoms with Gasteiger partial charge in [-0.05, 0) is 43.3 Å². The molecule has 5 rings (SSSR count). The normalized spacial score (nSPS) is 14.2. The number of piperazine rings is 1. The topological polar surface area (TPSA) is 119 Å². The Morgan fingerprint density at radius 2 is 1.83 bits per heavy atom. The molecule has 10 nitrogen and oxygen atoms in total. The van der Waals surface area contributed by atoms with Gasteiger partial charge in [0.25, 0.3) is 5.91 Å². The molecular weight excluding hydrogens is 458 g/mol. The molecule has 186 valence electrons. The molecular formula is C26H29N7O3. The van der Waals surface area contributed by atoms with Gasteiger partial charge in [0, 0.05) is 62.4 Å². The number of hydrogen-bond donors (Lipinski definition) is 3. The molecule has 1 saturated heterocycles. The van der Waals surface area contributed by atoms with Gasteiger partial charge in [-0.15, -0.1) is 0 Å². The lowest BCUT2D eigenvalue weighted by Gasteiger charge is -2.36. The van der Waals surface area contributed by atoms with Crippen LogP contribution in [0.1, 0.15) is 29.6 Å². The lowest BCUT2D eigenvalue weighted by atomic mass is 10.2. The number of H-pyrrole nitrogens is 1. The summed E-state index contributed by atoms with van der Waals surface area (Å²) in [5.41, 5.74) is 2.84. The van der Waals surface area contributed by atoms with Crippen LogP contribution in [0.4, 0.5) is 17.2 Å². The number of carbonyl (C=O) groups excluding carboxylic acids is 2. The summed E-state index contributed by atoms with van der Waals surface area (Å²) in [6, 6.07) is 17.5. The first-order valence-corrected chi connectivity index (χ1v) is 12.1. The number of aromatic amines is 1. The third kappa shape index (κ3) is 5.55. The molecule has 2 amide bonds. The molecule has 10 heteroatoms. The lowest BCUT2D eigenvalue weighted by molar-refractivity contribution is -0.114. The molecule has 3 N–H and O–H groups in total. The van der Waals surface area contributed by atoms with Gasteiger partial charge < -0.3 is 20.1 Å². The van der Waals surface area contributed by atoms with Crippen molar-refractivity contribution < 1.29 is 14.1 Å². The van der Waals surface area contributed by atoms with Crippen LogP contribution in [-0.2, 0) is 11.2 Å². The van der Waals surface area contributed by atoms with Gasteiger partial charge in [0.2, 0.25) is 5.91 Å². The molecule has 0 radical (unpaired) electrons. The van der Waals surface area contributed by atoms with Crippen LogP contribution in [0.2, 0.25) is 0 Å². The molecule has 2 aromatic heterocycles. The first-order valence-electron chi connectivity index (χ1n) is 12.1. The van der Waals surface area contributed by atoms with Gasteiger partial charge in [-0.1, -0.05) is 23.4 Å². The average molecular weight is 488 g/mol. The fourth-order valence-corrected chi connectivity index (χ4v) is 4.45. The second-order valence-corrected chi connectivity index (χ2v) is 8.91. The number of aryl methyl sites for hydroxylation is 1. The Labute approximate surface area is 208 Å². The number of amides is 2. The summed E-state index contributed by atoms with van der Waals surface area (Å²) in [5, 5.41) is 17.2. The Morgan fingerprint density at radius 3 is 2.61 bits per heavy atom. The zero-order chi connectivity index (χ0) is 24.9. The van der Waals surface area contributed by atoms with Gasteiger partial charge in [0.15, 0.2) is 11.5 Å². The van der Waals surface area contributed by atoms with E-state index in [4.69, 9.17) is 4.52 Å². The molecule has 0 unspecified atom stereocenters. The van der Waals surface area contributed by atoms with Gasteiger partial charge in [0.1, 0.15) is 5.76 Å². The SMILES string of the molecule is CC(=O)Nc1ccc2c(NC(=O)c3cc(CCCN4CCN(c5ccccc5)CC4)on3)n[nH]c2c1. The molecule has 0 saturated carbocycles. The summed E-state index contributed by atoms with van der Waals surface area (Å²) in [7, 11) is 0. The summed E-state index contributed by atoms with van der Waals surface area (Å²) >= 11 is 0. The van der Waals surface area contributed by atoms with Gasteiger partial charge in [-0.3, -0.25) is 19.6 Å². The van der Waals surface area contributed by atoms with Crippen molar-refractivity contribution in [1.29, 1.82) is 0 Å². The van der Waals surface area contributed by atoms with Gasteiger partial charge in [-0.2, -0.15) is 5.10 Å². The summed E-state index contributed by atoms with van der Waals surface area (Å²) in [4.78, 5) is 28.8. The van der Waals surface area contributed by atoms with Gasteiger partial charge in [-0.25, -0.2) is 0 Å². The van der Waals surface area contributed by atoms with E-state index in [0.29, 0.717) is 22.8 Å². The van der Waals surface area contributed by atoms with Crippen LogP contribution in [0.15, 0.2) is 59.1 Å². The minimum atomic E-state index is -0.388. The highest BCUT2D eigenvalue weighted by Crippen LogP contribution is 2.24. The van der Waals surface area contributed by atoms with Crippen molar-refractivity contribution in [2.24, 2.45) is 0 Å². The molecule has 0 spiro atoms. The van der Waals surface area contributed by atoms with Gasteiger partial charge >= 0.3 is 0 Å². The minimum Gasteiger partial charge on any atom is -0.369 e.